The van der Waals surface area contributed by atoms with Gasteiger partial charge >= 0.3 is 0 Å². The molecule has 5 aromatic carbocycles. The number of nitrogens with zero attached hydrogens (tertiary/aromatic N) is 4. The highest BCUT2D eigenvalue weighted by Gasteiger charge is 2.17. The molecule has 0 N–H and O–H groups in total. The highest BCUT2D eigenvalue weighted by molar-refractivity contribution is 6.02. The molecule has 2 aromatic heterocycles. The molecule has 7 heteroatoms. The molecule has 7 rings (SSSR count). The predicted molar refractivity (Wildman–Crippen MR) is 164 cm³/mol. The largest absolute Gasteiger partial charge is 0.488 e. The smallest absolute Gasteiger partial charge is 0.282 e. The number of furan rings is 1. The van der Waals surface area contributed by atoms with Crippen LogP contribution in [0.4, 0.5) is 0 Å². The molecule has 200 valence electrons. The number of fused-ring (bicyclic) bond motifs is 3. The first kappa shape index (κ1) is 25.0. The van der Waals surface area contributed by atoms with Crippen LogP contribution in [-0.4, -0.2) is 15.9 Å². The summed E-state index contributed by atoms with van der Waals surface area (Å²) in [5, 5.41) is 17.4. The van der Waals surface area contributed by atoms with E-state index in [4.69, 9.17) is 19.2 Å². The topological polar surface area (TPSA) is 93.4 Å². The van der Waals surface area contributed by atoms with Crippen LogP contribution in [0.3, 0.4) is 0 Å². The average Bonchev–Trinajstić information content (AvgIpc) is 3.48. The summed E-state index contributed by atoms with van der Waals surface area (Å²) in [4.78, 5) is 18.6. The number of rotatable bonds is 6. The van der Waals surface area contributed by atoms with Crippen LogP contribution < -0.4 is 10.3 Å². The van der Waals surface area contributed by atoms with Crippen molar-refractivity contribution in [3.63, 3.8) is 0 Å². The standard InChI is InChI=1S/C35H22N4O3/c36-20-25-11-1-2-12-26(25)22-41-32-18-17-23-9-3-5-13-27(23)29(32)21-37-39-34(33-19-24-10-4-8-16-31(24)42-33)38-30-15-7-6-14-28(30)35(39)40/h1-19,21H,22H2. The van der Waals surface area contributed by atoms with Gasteiger partial charge in [-0.15, -0.1) is 0 Å². The zero-order valence-electron chi connectivity index (χ0n) is 22.3. The maximum atomic E-state index is 13.8. The van der Waals surface area contributed by atoms with Crippen molar-refractivity contribution >= 4 is 38.9 Å². The molecule has 0 radical (unpaired) electrons. The first-order chi connectivity index (χ1) is 20.7. The zero-order valence-corrected chi connectivity index (χ0v) is 22.3. The number of hydrogen-bond donors (Lipinski definition) is 0. The Morgan fingerprint density at radius 3 is 2.45 bits per heavy atom. The van der Waals surface area contributed by atoms with Crippen molar-refractivity contribution in [1.29, 1.82) is 5.26 Å². The van der Waals surface area contributed by atoms with E-state index in [1.54, 1.807) is 30.5 Å². The minimum absolute atomic E-state index is 0.199. The molecule has 2 heterocycles. The highest BCUT2D eigenvalue weighted by atomic mass is 16.5. The van der Waals surface area contributed by atoms with Gasteiger partial charge in [-0.1, -0.05) is 78.9 Å². The van der Waals surface area contributed by atoms with E-state index in [-0.39, 0.29) is 18.0 Å². The molecule has 0 fully saturated rings. The fraction of sp³-hybridized carbons (Fsp3) is 0.0286. The monoisotopic (exact) mass is 546 g/mol. The zero-order chi connectivity index (χ0) is 28.5. The molecule has 7 aromatic rings. The Bertz CT molecular complexity index is 2220. The molecule has 0 bridgehead atoms. The van der Waals surface area contributed by atoms with Crippen LogP contribution in [0.5, 0.6) is 5.75 Å². The first-order valence-electron chi connectivity index (χ1n) is 13.4. The summed E-state index contributed by atoms with van der Waals surface area (Å²) in [5.74, 6) is 1.28. The number of para-hydroxylation sites is 2. The van der Waals surface area contributed by atoms with E-state index in [9.17, 15) is 10.1 Å². The molecule has 0 saturated heterocycles. The lowest BCUT2D eigenvalue weighted by atomic mass is 10.0. The van der Waals surface area contributed by atoms with E-state index in [0.717, 1.165) is 21.7 Å². The summed E-state index contributed by atoms with van der Waals surface area (Å²) in [6.07, 6.45) is 1.62. The van der Waals surface area contributed by atoms with E-state index in [2.05, 4.69) is 6.07 Å². The summed E-state index contributed by atoms with van der Waals surface area (Å²) in [6.45, 7) is 0.199. The van der Waals surface area contributed by atoms with E-state index in [1.807, 2.05) is 91.0 Å². The fourth-order valence-electron chi connectivity index (χ4n) is 5.04. The van der Waals surface area contributed by atoms with E-state index in [0.29, 0.717) is 39.1 Å². The third-order valence-corrected chi connectivity index (χ3v) is 7.15. The number of aromatic nitrogens is 2. The minimum atomic E-state index is -0.321. The molecular formula is C35H22N4O3. The molecule has 0 amide bonds. The number of ether oxygens (including phenoxy) is 1. The van der Waals surface area contributed by atoms with Crippen molar-refractivity contribution in [3.05, 3.63) is 142 Å². The lowest BCUT2D eigenvalue weighted by Crippen LogP contribution is -2.20. The molecule has 0 aliphatic rings. The van der Waals surface area contributed by atoms with Crippen LogP contribution in [0.15, 0.2) is 130 Å². The molecule has 0 spiro atoms. The molecule has 0 unspecified atom stereocenters. The Hall–Kier alpha value is -6.00. The van der Waals surface area contributed by atoms with E-state index >= 15 is 0 Å². The Labute approximate surface area is 240 Å². The molecule has 7 nitrogen and oxygen atoms in total. The van der Waals surface area contributed by atoms with Crippen LogP contribution in [0, 0.1) is 11.3 Å². The second-order valence-electron chi connectivity index (χ2n) is 9.72. The molecular weight excluding hydrogens is 524 g/mol. The van der Waals surface area contributed by atoms with Gasteiger partial charge < -0.3 is 9.15 Å². The van der Waals surface area contributed by atoms with Gasteiger partial charge in [-0.25, -0.2) is 4.98 Å². The highest BCUT2D eigenvalue weighted by Crippen LogP contribution is 2.29. The lowest BCUT2D eigenvalue weighted by Gasteiger charge is -2.13. The van der Waals surface area contributed by atoms with E-state index < -0.39 is 0 Å². The maximum Gasteiger partial charge on any atom is 0.282 e. The fourth-order valence-corrected chi connectivity index (χ4v) is 5.04. The lowest BCUT2D eigenvalue weighted by molar-refractivity contribution is 0.306. The van der Waals surface area contributed by atoms with Crippen molar-refractivity contribution in [2.45, 2.75) is 6.61 Å². The summed E-state index contributed by atoms with van der Waals surface area (Å²) < 4.78 is 13.6. The Kier molecular flexibility index (Phi) is 6.27. The van der Waals surface area contributed by atoms with Crippen LogP contribution in [0.2, 0.25) is 0 Å². The SMILES string of the molecule is N#Cc1ccccc1COc1ccc2ccccc2c1C=Nn1c(-c2cc3ccccc3o2)nc2ccccc2c1=O. The van der Waals surface area contributed by atoms with Crippen LogP contribution in [0.1, 0.15) is 16.7 Å². The van der Waals surface area contributed by atoms with Gasteiger partial charge in [-0.2, -0.15) is 15.0 Å². The Morgan fingerprint density at radius 1 is 0.857 bits per heavy atom. The van der Waals surface area contributed by atoms with Gasteiger partial charge in [0.2, 0.25) is 5.82 Å². The number of benzene rings is 5. The third-order valence-electron chi connectivity index (χ3n) is 7.15. The predicted octanol–water partition coefficient (Wildman–Crippen LogP) is 7.30. The van der Waals surface area contributed by atoms with E-state index in [1.165, 1.54) is 4.68 Å². The molecule has 0 atom stereocenters. The summed E-state index contributed by atoms with van der Waals surface area (Å²) in [5.41, 5.74) is 2.94. The quantitative estimate of drug-likeness (QED) is 0.204. The van der Waals surface area contributed by atoms with Gasteiger partial charge in [0, 0.05) is 16.5 Å². The van der Waals surface area contributed by atoms with Crippen molar-refractivity contribution in [3.8, 4) is 23.4 Å². The minimum Gasteiger partial charge on any atom is -0.488 e. The van der Waals surface area contributed by atoms with Crippen LogP contribution in [0.25, 0.3) is 44.2 Å². The van der Waals surface area contributed by atoms with Crippen molar-refractivity contribution < 1.29 is 9.15 Å². The Balaban J connectivity index is 1.38. The summed E-state index contributed by atoms with van der Waals surface area (Å²) in [6, 6.07) is 38.0. The summed E-state index contributed by atoms with van der Waals surface area (Å²) in [7, 11) is 0. The van der Waals surface area contributed by atoms with Gasteiger partial charge in [0.25, 0.3) is 5.56 Å². The van der Waals surface area contributed by atoms with Gasteiger partial charge in [-0.05, 0) is 47.2 Å². The average molecular weight is 547 g/mol. The second kappa shape index (κ2) is 10.5. The van der Waals surface area contributed by atoms with Crippen molar-refractivity contribution in [2.75, 3.05) is 0 Å². The van der Waals surface area contributed by atoms with Crippen LogP contribution in [-0.2, 0) is 6.61 Å². The summed E-state index contributed by atoms with van der Waals surface area (Å²) >= 11 is 0. The van der Waals surface area contributed by atoms with Crippen LogP contribution >= 0.6 is 0 Å². The third kappa shape index (κ3) is 4.47. The normalized spacial score (nSPS) is 11.4. The molecule has 0 saturated carbocycles. The van der Waals surface area contributed by atoms with Crippen molar-refractivity contribution in [2.24, 2.45) is 5.10 Å². The second-order valence-corrected chi connectivity index (χ2v) is 9.72. The van der Waals surface area contributed by atoms with Gasteiger partial charge in [-0.3, -0.25) is 4.79 Å². The first-order valence-corrected chi connectivity index (χ1v) is 13.4. The molecule has 42 heavy (non-hydrogen) atoms. The number of hydrogen-bond acceptors (Lipinski definition) is 6. The molecule has 0 aliphatic heterocycles. The van der Waals surface area contributed by atoms with Gasteiger partial charge in [0.15, 0.2) is 5.76 Å². The molecule has 0 aliphatic carbocycles. The number of nitriles is 1. The maximum absolute atomic E-state index is 13.8. The van der Waals surface area contributed by atoms with Gasteiger partial charge in [0.1, 0.15) is 17.9 Å². The van der Waals surface area contributed by atoms with Crippen molar-refractivity contribution in [1.82, 2.24) is 9.66 Å². The van der Waals surface area contributed by atoms with Gasteiger partial charge in [0.05, 0.1) is 28.8 Å². The Morgan fingerprint density at radius 2 is 1.60 bits per heavy atom.